The third-order valence-electron chi connectivity index (χ3n) is 2.76. The van der Waals surface area contributed by atoms with Crippen LogP contribution in [0.2, 0.25) is 0 Å². The molecule has 1 fully saturated rings. The molecule has 2 rings (SSSR count). The summed E-state index contributed by atoms with van der Waals surface area (Å²) in [5.74, 6) is 7.47. The Morgan fingerprint density at radius 2 is 2.44 bits per heavy atom. The average Bonchev–Trinajstić information content (AvgIpc) is 2.38. The molecule has 0 aromatic carbocycles. The number of aromatic nitrogens is 2. The van der Waals surface area contributed by atoms with Gasteiger partial charge in [-0.15, -0.1) is 0 Å². The quantitative estimate of drug-likeness (QED) is 0.467. The predicted octanol–water partition coefficient (Wildman–Crippen LogP) is 0.612. The van der Waals surface area contributed by atoms with Gasteiger partial charge in [0, 0.05) is 24.1 Å². The maximum Gasteiger partial charge on any atom is 0.354 e. The van der Waals surface area contributed by atoms with E-state index in [1.54, 1.807) is 0 Å². The summed E-state index contributed by atoms with van der Waals surface area (Å²) in [6.07, 6.45) is 1.28. The van der Waals surface area contributed by atoms with Crippen LogP contribution in [0.1, 0.15) is 6.92 Å². The van der Waals surface area contributed by atoms with Crippen LogP contribution in [-0.2, 0) is 0 Å². The normalized spacial score (nSPS) is 19.7. The summed E-state index contributed by atoms with van der Waals surface area (Å²) in [7, 11) is 0. The number of hydrazine groups is 1. The van der Waals surface area contributed by atoms with Gasteiger partial charge in [-0.2, -0.15) is 11.8 Å². The van der Waals surface area contributed by atoms with Crippen LogP contribution in [0.25, 0.3) is 0 Å². The molecule has 3 N–H and O–H groups in total. The Morgan fingerprint density at radius 1 is 1.67 bits per heavy atom. The van der Waals surface area contributed by atoms with E-state index in [2.05, 4.69) is 15.4 Å². The Balaban J connectivity index is 2.45. The van der Waals surface area contributed by atoms with Crippen molar-refractivity contribution in [1.82, 2.24) is 9.97 Å². The number of hydrogen-bond donors (Lipinski definition) is 2. The van der Waals surface area contributed by atoms with Gasteiger partial charge in [0.15, 0.2) is 0 Å². The molecular formula is C9H14N6O2S. The highest BCUT2D eigenvalue weighted by atomic mass is 32.2. The lowest BCUT2D eigenvalue weighted by atomic mass is 10.3. The Bertz CT molecular complexity index is 457. The molecule has 2 heterocycles. The molecule has 0 bridgehead atoms. The molecule has 1 saturated heterocycles. The maximum atomic E-state index is 11.1. The Hall–Kier alpha value is -1.61. The molecule has 9 heteroatoms. The van der Waals surface area contributed by atoms with Crippen LogP contribution in [0.15, 0.2) is 6.33 Å². The lowest BCUT2D eigenvalue weighted by Gasteiger charge is -2.33. The first-order chi connectivity index (χ1) is 8.65. The fourth-order valence-electron chi connectivity index (χ4n) is 1.90. The summed E-state index contributed by atoms with van der Waals surface area (Å²) in [5.41, 5.74) is 2.08. The van der Waals surface area contributed by atoms with E-state index >= 15 is 0 Å². The largest absolute Gasteiger partial charge is 0.354 e. The fraction of sp³-hybridized carbons (Fsp3) is 0.556. The summed E-state index contributed by atoms with van der Waals surface area (Å²) in [5, 5.41) is 11.1. The second kappa shape index (κ2) is 5.36. The van der Waals surface area contributed by atoms with Gasteiger partial charge in [0.1, 0.15) is 6.33 Å². The molecule has 0 radical (unpaired) electrons. The first-order valence-electron chi connectivity index (χ1n) is 5.45. The van der Waals surface area contributed by atoms with Crippen molar-refractivity contribution in [2.75, 3.05) is 28.4 Å². The summed E-state index contributed by atoms with van der Waals surface area (Å²) in [6.45, 7) is 2.75. The van der Waals surface area contributed by atoms with Crippen LogP contribution < -0.4 is 16.2 Å². The molecule has 98 valence electrons. The van der Waals surface area contributed by atoms with Crippen LogP contribution in [-0.4, -0.2) is 39.0 Å². The SMILES string of the molecule is CC1CSCCN1c1ncnc(NN)c1[N+](=O)[O-]. The number of nitrogens with one attached hydrogen (secondary N) is 1. The average molecular weight is 270 g/mol. The molecule has 8 nitrogen and oxygen atoms in total. The predicted molar refractivity (Wildman–Crippen MR) is 70.6 cm³/mol. The number of hydrogen-bond acceptors (Lipinski definition) is 8. The summed E-state index contributed by atoms with van der Waals surface area (Å²) < 4.78 is 0. The Morgan fingerprint density at radius 3 is 3.06 bits per heavy atom. The highest BCUT2D eigenvalue weighted by Gasteiger charge is 2.30. The number of rotatable bonds is 3. The fourth-order valence-corrected chi connectivity index (χ4v) is 2.91. The minimum atomic E-state index is -0.501. The van der Waals surface area contributed by atoms with E-state index in [9.17, 15) is 10.1 Å². The highest BCUT2D eigenvalue weighted by Crippen LogP contribution is 2.34. The van der Waals surface area contributed by atoms with Crippen molar-refractivity contribution in [3.05, 3.63) is 16.4 Å². The van der Waals surface area contributed by atoms with E-state index in [1.165, 1.54) is 6.33 Å². The van der Waals surface area contributed by atoms with Gasteiger partial charge in [-0.3, -0.25) is 10.1 Å². The number of nitrogen functional groups attached to an aromatic ring is 1. The lowest BCUT2D eigenvalue weighted by Crippen LogP contribution is -2.41. The van der Waals surface area contributed by atoms with Crippen molar-refractivity contribution in [2.24, 2.45) is 5.84 Å². The molecule has 0 aliphatic carbocycles. The zero-order chi connectivity index (χ0) is 13.1. The van der Waals surface area contributed by atoms with E-state index in [1.807, 2.05) is 23.6 Å². The van der Waals surface area contributed by atoms with E-state index in [0.717, 1.165) is 18.1 Å². The first kappa shape index (κ1) is 12.8. The van der Waals surface area contributed by atoms with Gasteiger partial charge in [0.05, 0.1) is 4.92 Å². The zero-order valence-electron chi connectivity index (χ0n) is 9.87. The van der Waals surface area contributed by atoms with Crippen LogP contribution in [0.5, 0.6) is 0 Å². The minimum Gasteiger partial charge on any atom is -0.346 e. The molecule has 0 saturated carbocycles. The Kier molecular flexibility index (Phi) is 3.82. The monoisotopic (exact) mass is 270 g/mol. The van der Waals surface area contributed by atoms with Gasteiger partial charge in [0.25, 0.3) is 0 Å². The molecule has 1 aliphatic rings. The van der Waals surface area contributed by atoms with Crippen LogP contribution in [0.4, 0.5) is 17.3 Å². The van der Waals surface area contributed by atoms with E-state index < -0.39 is 4.92 Å². The van der Waals surface area contributed by atoms with Crippen molar-refractivity contribution in [3.8, 4) is 0 Å². The third-order valence-corrected chi connectivity index (χ3v) is 3.95. The van der Waals surface area contributed by atoms with E-state index in [0.29, 0.717) is 5.82 Å². The second-order valence-corrected chi connectivity index (χ2v) is 5.06. The van der Waals surface area contributed by atoms with Crippen LogP contribution in [0.3, 0.4) is 0 Å². The zero-order valence-corrected chi connectivity index (χ0v) is 10.7. The lowest BCUT2D eigenvalue weighted by molar-refractivity contribution is -0.383. The third kappa shape index (κ3) is 2.31. The number of nitrogens with zero attached hydrogens (tertiary/aromatic N) is 4. The highest BCUT2D eigenvalue weighted by molar-refractivity contribution is 7.99. The van der Waals surface area contributed by atoms with Gasteiger partial charge < -0.3 is 10.3 Å². The molecule has 1 unspecified atom stereocenters. The molecule has 1 aliphatic heterocycles. The number of anilines is 2. The topological polar surface area (TPSA) is 110 Å². The van der Waals surface area contributed by atoms with Crippen LogP contribution >= 0.6 is 11.8 Å². The van der Waals surface area contributed by atoms with Crippen molar-refractivity contribution in [1.29, 1.82) is 0 Å². The van der Waals surface area contributed by atoms with Crippen LogP contribution in [0, 0.1) is 10.1 Å². The molecular weight excluding hydrogens is 256 g/mol. The van der Waals surface area contributed by atoms with Gasteiger partial charge in [0.2, 0.25) is 11.6 Å². The van der Waals surface area contributed by atoms with E-state index in [4.69, 9.17) is 5.84 Å². The molecule has 1 aromatic heterocycles. The van der Waals surface area contributed by atoms with Crippen molar-refractivity contribution in [3.63, 3.8) is 0 Å². The Labute approximate surface area is 108 Å². The molecule has 1 atom stereocenters. The molecule has 0 spiro atoms. The smallest absolute Gasteiger partial charge is 0.346 e. The second-order valence-electron chi connectivity index (χ2n) is 3.91. The number of nitro groups is 1. The molecule has 0 amide bonds. The summed E-state index contributed by atoms with van der Waals surface area (Å²) in [4.78, 5) is 20.4. The van der Waals surface area contributed by atoms with Gasteiger partial charge in [-0.25, -0.2) is 15.8 Å². The van der Waals surface area contributed by atoms with Crippen molar-refractivity contribution in [2.45, 2.75) is 13.0 Å². The summed E-state index contributed by atoms with van der Waals surface area (Å²) >= 11 is 1.83. The minimum absolute atomic E-state index is 0.0374. The van der Waals surface area contributed by atoms with Crippen molar-refractivity contribution < 1.29 is 4.92 Å². The van der Waals surface area contributed by atoms with E-state index in [-0.39, 0.29) is 17.5 Å². The first-order valence-corrected chi connectivity index (χ1v) is 6.61. The molecule has 1 aromatic rings. The summed E-state index contributed by atoms with van der Waals surface area (Å²) in [6, 6.07) is 0.197. The number of thioether (sulfide) groups is 1. The number of nitrogens with two attached hydrogens (primary N) is 1. The molecule has 18 heavy (non-hydrogen) atoms. The van der Waals surface area contributed by atoms with Gasteiger partial charge >= 0.3 is 5.69 Å². The van der Waals surface area contributed by atoms with Gasteiger partial charge in [-0.1, -0.05) is 0 Å². The maximum absolute atomic E-state index is 11.1. The van der Waals surface area contributed by atoms with Gasteiger partial charge in [-0.05, 0) is 6.92 Å². The standard InChI is InChI=1S/C9H14N6O2S/c1-6-4-18-3-2-14(6)9-7(15(16)17)8(13-10)11-5-12-9/h5-6H,2-4,10H2,1H3,(H,11,12,13). The van der Waals surface area contributed by atoms with Crippen molar-refractivity contribution >= 4 is 29.1 Å².